The van der Waals surface area contributed by atoms with Gasteiger partial charge in [-0.05, 0) is 18.8 Å². The standard InChI is InChI=1S/C9H13N/c1-2-7-10-8-3-4-9-5-6-9/h1,3-4,9-10H,5-8H2/b4-3+. The lowest BCUT2D eigenvalue weighted by molar-refractivity contribution is 0.852. The predicted octanol–water partition coefficient (Wildman–Crippen LogP) is 1.18. The van der Waals surface area contributed by atoms with Crippen molar-refractivity contribution in [1.82, 2.24) is 5.32 Å². The molecule has 0 radical (unpaired) electrons. The third-order valence-electron chi connectivity index (χ3n) is 1.52. The maximum absolute atomic E-state index is 5.05. The minimum absolute atomic E-state index is 0.676. The number of rotatable bonds is 4. The molecule has 0 aromatic rings. The summed E-state index contributed by atoms with van der Waals surface area (Å²) in [5.74, 6) is 3.41. The van der Waals surface area contributed by atoms with E-state index in [2.05, 4.69) is 23.4 Å². The van der Waals surface area contributed by atoms with Crippen LogP contribution in [0.25, 0.3) is 0 Å². The van der Waals surface area contributed by atoms with Crippen molar-refractivity contribution in [3.8, 4) is 12.3 Å². The Morgan fingerprint density at radius 2 is 2.40 bits per heavy atom. The predicted molar refractivity (Wildman–Crippen MR) is 43.6 cm³/mol. The van der Waals surface area contributed by atoms with Crippen LogP contribution in [-0.4, -0.2) is 13.1 Å². The molecule has 0 heterocycles. The summed E-state index contributed by atoms with van der Waals surface area (Å²) in [4.78, 5) is 0. The third kappa shape index (κ3) is 3.32. The summed E-state index contributed by atoms with van der Waals surface area (Å²) in [5, 5.41) is 3.10. The summed E-state index contributed by atoms with van der Waals surface area (Å²) in [5.41, 5.74) is 0. The van der Waals surface area contributed by atoms with Crippen molar-refractivity contribution in [2.24, 2.45) is 5.92 Å². The Morgan fingerprint density at radius 1 is 1.60 bits per heavy atom. The quantitative estimate of drug-likeness (QED) is 0.347. The molecule has 0 spiro atoms. The van der Waals surface area contributed by atoms with Crippen LogP contribution in [-0.2, 0) is 0 Å². The van der Waals surface area contributed by atoms with Gasteiger partial charge in [-0.25, -0.2) is 0 Å². The molecule has 1 rings (SSSR count). The van der Waals surface area contributed by atoms with E-state index in [0.29, 0.717) is 6.54 Å². The fourth-order valence-corrected chi connectivity index (χ4v) is 0.777. The first-order valence-corrected chi connectivity index (χ1v) is 3.74. The fraction of sp³-hybridized carbons (Fsp3) is 0.556. The second-order valence-corrected chi connectivity index (χ2v) is 2.60. The van der Waals surface area contributed by atoms with Crippen LogP contribution in [0.15, 0.2) is 12.2 Å². The molecule has 0 aromatic carbocycles. The number of hydrogen-bond acceptors (Lipinski definition) is 1. The molecule has 0 amide bonds. The Labute approximate surface area is 62.5 Å². The van der Waals surface area contributed by atoms with Crippen molar-refractivity contribution in [3.63, 3.8) is 0 Å². The lowest BCUT2D eigenvalue weighted by Crippen LogP contribution is -2.12. The SMILES string of the molecule is C#CCNC/C=C/C1CC1. The maximum Gasteiger partial charge on any atom is 0.0576 e. The summed E-state index contributed by atoms with van der Waals surface area (Å²) in [6.45, 7) is 1.59. The van der Waals surface area contributed by atoms with Gasteiger partial charge in [-0.1, -0.05) is 18.1 Å². The van der Waals surface area contributed by atoms with Crippen molar-refractivity contribution in [2.75, 3.05) is 13.1 Å². The molecule has 1 aliphatic rings. The summed E-state index contributed by atoms with van der Waals surface area (Å²) in [6, 6.07) is 0. The van der Waals surface area contributed by atoms with Crippen molar-refractivity contribution in [1.29, 1.82) is 0 Å². The minimum Gasteiger partial charge on any atom is -0.303 e. The van der Waals surface area contributed by atoms with Gasteiger partial charge in [0, 0.05) is 6.54 Å². The molecule has 0 unspecified atom stereocenters. The molecule has 0 aromatic heterocycles. The van der Waals surface area contributed by atoms with Gasteiger partial charge in [0.05, 0.1) is 6.54 Å². The van der Waals surface area contributed by atoms with Crippen LogP contribution < -0.4 is 5.32 Å². The average molecular weight is 135 g/mol. The van der Waals surface area contributed by atoms with Gasteiger partial charge < -0.3 is 5.32 Å². The topological polar surface area (TPSA) is 12.0 Å². The van der Waals surface area contributed by atoms with Gasteiger partial charge in [-0.15, -0.1) is 6.42 Å². The summed E-state index contributed by atoms with van der Waals surface area (Å²) in [7, 11) is 0. The van der Waals surface area contributed by atoms with E-state index in [-0.39, 0.29) is 0 Å². The average Bonchev–Trinajstić information content (AvgIpc) is 2.71. The Bertz CT molecular complexity index is 149. The molecule has 0 bridgehead atoms. The normalized spacial score (nSPS) is 17.5. The molecule has 10 heavy (non-hydrogen) atoms. The molecule has 1 nitrogen and oxygen atoms in total. The first kappa shape index (κ1) is 7.37. The van der Waals surface area contributed by atoms with Crippen molar-refractivity contribution < 1.29 is 0 Å². The Kier molecular flexibility index (Phi) is 3.05. The molecular formula is C9H13N. The summed E-state index contributed by atoms with van der Waals surface area (Å²) >= 11 is 0. The van der Waals surface area contributed by atoms with Crippen LogP contribution in [0.4, 0.5) is 0 Å². The van der Waals surface area contributed by atoms with Crippen LogP contribution in [0.5, 0.6) is 0 Å². The molecule has 54 valence electrons. The maximum atomic E-state index is 5.05. The van der Waals surface area contributed by atoms with E-state index in [1.807, 2.05) is 0 Å². The van der Waals surface area contributed by atoms with E-state index in [4.69, 9.17) is 6.42 Å². The van der Waals surface area contributed by atoms with Crippen molar-refractivity contribution >= 4 is 0 Å². The smallest absolute Gasteiger partial charge is 0.0576 e. The molecule has 0 saturated heterocycles. The van der Waals surface area contributed by atoms with Crippen LogP contribution >= 0.6 is 0 Å². The lowest BCUT2D eigenvalue weighted by atomic mass is 10.3. The van der Waals surface area contributed by atoms with Crippen LogP contribution in [0, 0.1) is 18.3 Å². The minimum atomic E-state index is 0.676. The molecule has 1 N–H and O–H groups in total. The molecule has 0 aliphatic heterocycles. The Morgan fingerprint density at radius 3 is 3.00 bits per heavy atom. The molecule has 0 atom stereocenters. The van der Waals surface area contributed by atoms with Gasteiger partial charge in [0.15, 0.2) is 0 Å². The van der Waals surface area contributed by atoms with Gasteiger partial charge >= 0.3 is 0 Å². The fourth-order valence-electron chi connectivity index (χ4n) is 0.777. The summed E-state index contributed by atoms with van der Waals surface area (Å²) in [6.07, 6.45) is 12.2. The number of nitrogens with one attached hydrogen (secondary N) is 1. The largest absolute Gasteiger partial charge is 0.303 e. The number of terminal acetylenes is 1. The zero-order chi connectivity index (χ0) is 7.23. The number of allylic oxidation sites excluding steroid dienone is 1. The first-order chi connectivity index (χ1) is 4.93. The highest BCUT2D eigenvalue weighted by Crippen LogP contribution is 2.29. The molecule has 1 saturated carbocycles. The van der Waals surface area contributed by atoms with Crippen LogP contribution in [0.2, 0.25) is 0 Å². The van der Waals surface area contributed by atoms with E-state index < -0.39 is 0 Å². The van der Waals surface area contributed by atoms with Gasteiger partial charge in [-0.2, -0.15) is 0 Å². The van der Waals surface area contributed by atoms with E-state index in [1.54, 1.807) is 0 Å². The van der Waals surface area contributed by atoms with Gasteiger partial charge in [-0.3, -0.25) is 0 Å². The molecule has 1 heteroatoms. The zero-order valence-corrected chi connectivity index (χ0v) is 6.14. The Hall–Kier alpha value is -0.740. The molecule has 1 aliphatic carbocycles. The van der Waals surface area contributed by atoms with Crippen molar-refractivity contribution in [2.45, 2.75) is 12.8 Å². The first-order valence-electron chi connectivity index (χ1n) is 3.74. The van der Waals surface area contributed by atoms with Gasteiger partial charge in [0.1, 0.15) is 0 Å². The Balaban J connectivity index is 1.89. The van der Waals surface area contributed by atoms with Gasteiger partial charge in [0.25, 0.3) is 0 Å². The van der Waals surface area contributed by atoms with E-state index in [1.165, 1.54) is 12.8 Å². The van der Waals surface area contributed by atoms with Gasteiger partial charge in [0.2, 0.25) is 0 Å². The van der Waals surface area contributed by atoms with E-state index in [9.17, 15) is 0 Å². The zero-order valence-electron chi connectivity index (χ0n) is 6.14. The second-order valence-electron chi connectivity index (χ2n) is 2.60. The highest BCUT2D eigenvalue weighted by Gasteiger charge is 2.16. The van der Waals surface area contributed by atoms with E-state index >= 15 is 0 Å². The molecular weight excluding hydrogens is 122 g/mol. The monoisotopic (exact) mass is 135 g/mol. The summed E-state index contributed by atoms with van der Waals surface area (Å²) < 4.78 is 0. The lowest BCUT2D eigenvalue weighted by Gasteiger charge is -1.90. The van der Waals surface area contributed by atoms with Crippen molar-refractivity contribution in [3.05, 3.63) is 12.2 Å². The molecule has 1 fully saturated rings. The highest BCUT2D eigenvalue weighted by atomic mass is 14.8. The number of hydrogen-bond donors (Lipinski definition) is 1. The van der Waals surface area contributed by atoms with E-state index in [0.717, 1.165) is 12.5 Å². The van der Waals surface area contributed by atoms with Crippen LogP contribution in [0.1, 0.15) is 12.8 Å². The van der Waals surface area contributed by atoms with Crippen LogP contribution in [0.3, 0.4) is 0 Å². The highest BCUT2D eigenvalue weighted by molar-refractivity contribution is 4.97. The second kappa shape index (κ2) is 4.14. The third-order valence-corrected chi connectivity index (χ3v) is 1.52.